The quantitative estimate of drug-likeness (QED) is 0.835. The summed E-state index contributed by atoms with van der Waals surface area (Å²) in [6.45, 7) is 0.204. The molecule has 6 nitrogen and oxygen atoms in total. The molecule has 0 bridgehead atoms. The summed E-state index contributed by atoms with van der Waals surface area (Å²) in [6.07, 6.45) is 3.52. The molecule has 0 aliphatic carbocycles. The largest absolute Gasteiger partial charge is 0.462 e. The third-order valence-electron chi connectivity index (χ3n) is 2.79. The summed E-state index contributed by atoms with van der Waals surface area (Å²) >= 11 is 0. The van der Waals surface area contributed by atoms with Crippen molar-refractivity contribution in [3.8, 4) is 0 Å². The Morgan fingerprint density at radius 2 is 1.71 bits per heavy atom. The summed E-state index contributed by atoms with van der Waals surface area (Å²) in [4.78, 5) is 15.5. The maximum Gasteiger partial charge on any atom is 0.338 e. The summed E-state index contributed by atoms with van der Waals surface area (Å²) in [5, 5.41) is 5.01. The molecule has 0 aliphatic rings. The summed E-state index contributed by atoms with van der Waals surface area (Å²) in [7, 11) is -3.68. The van der Waals surface area contributed by atoms with Crippen LogP contribution >= 0.6 is 0 Å². The van der Waals surface area contributed by atoms with Gasteiger partial charge in [-0.2, -0.15) is 0 Å². The number of rotatable bonds is 5. The van der Waals surface area contributed by atoms with Crippen LogP contribution in [-0.2, 0) is 21.2 Å². The van der Waals surface area contributed by atoms with Gasteiger partial charge in [-0.25, -0.2) is 18.4 Å². The smallest absolute Gasteiger partial charge is 0.338 e. The van der Waals surface area contributed by atoms with E-state index in [1.165, 1.54) is 24.5 Å². The fraction of sp³-hybridized carbons (Fsp3) is 0.143. The number of carbonyl (C=O) groups excluding carboxylic acids is 1. The van der Waals surface area contributed by atoms with Crippen molar-refractivity contribution in [2.24, 2.45) is 5.14 Å². The maximum atomic E-state index is 11.7. The number of hydrogen-bond donors (Lipinski definition) is 1. The van der Waals surface area contributed by atoms with Crippen LogP contribution < -0.4 is 5.14 Å². The molecular weight excluding hydrogens is 292 g/mol. The van der Waals surface area contributed by atoms with Crippen molar-refractivity contribution < 1.29 is 17.9 Å². The Morgan fingerprint density at radius 1 is 1.10 bits per heavy atom. The molecule has 1 heterocycles. The zero-order valence-corrected chi connectivity index (χ0v) is 11.9. The Bertz CT molecular complexity index is 712. The molecule has 7 heteroatoms. The molecule has 0 fully saturated rings. The van der Waals surface area contributed by atoms with E-state index in [9.17, 15) is 13.2 Å². The van der Waals surface area contributed by atoms with Crippen LogP contribution in [0.25, 0.3) is 0 Å². The van der Waals surface area contributed by atoms with Crippen LogP contribution in [0.5, 0.6) is 0 Å². The summed E-state index contributed by atoms with van der Waals surface area (Å²) < 4.78 is 27.3. The summed E-state index contributed by atoms with van der Waals surface area (Å²) in [5.41, 5.74) is 1.29. The standard InChI is InChI=1S/C14H14N2O4S/c15-21(18,19)13-3-1-11(2-4-13)7-10-20-14(17)12-5-8-16-9-6-12/h1-6,8-9H,7,10H2,(H2,15,18,19). The molecule has 0 atom stereocenters. The lowest BCUT2D eigenvalue weighted by Gasteiger charge is -2.05. The minimum Gasteiger partial charge on any atom is -0.462 e. The fourth-order valence-electron chi connectivity index (χ4n) is 1.68. The predicted octanol–water partition coefficient (Wildman–Crippen LogP) is 1.13. The molecule has 1 aromatic carbocycles. The van der Waals surface area contributed by atoms with Gasteiger partial charge in [0.2, 0.25) is 10.0 Å². The predicted molar refractivity (Wildman–Crippen MR) is 76.0 cm³/mol. The van der Waals surface area contributed by atoms with Crippen LogP contribution in [0.4, 0.5) is 0 Å². The molecule has 0 amide bonds. The maximum absolute atomic E-state index is 11.7. The van der Waals surface area contributed by atoms with E-state index in [0.717, 1.165) is 5.56 Å². The molecule has 0 unspecified atom stereocenters. The van der Waals surface area contributed by atoms with Crippen molar-refractivity contribution in [1.29, 1.82) is 0 Å². The molecule has 110 valence electrons. The second-order valence-electron chi connectivity index (χ2n) is 4.31. The SMILES string of the molecule is NS(=O)(=O)c1ccc(CCOC(=O)c2ccncc2)cc1. The zero-order chi connectivity index (χ0) is 15.3. The third-order valence-corrected chi connectivity index (χ3v) is 3.72. The van der Waals surface area contributed by atoms with E-state index in [-0.39, 0.29) is 11.5 Å². The molecule has 2 aromatic rings. The van der Waals surface area contributed by atoms with Crippen LogP contribution in [0.2, 0.25) is 0 Å². The van der Waals surface area contributed by atoms with Gasteiger partial charge in [0.1, 0.15) is 0 Å². The third kappa shape index (κ3) is 4.37. The Morgan fingerprint density at radius 3 is 2.29 bits per heavy atom. The first-order valence-corrected chi connectivity index (χ1v) is 7.70. The highest BCUT2D eigenvalue weighted by atomic mass is 32.2. The van der Waals surface area contributed by atoms with Crippen LogP contribution in [0.3, 0.4) is 0 Å². The fourth-order valence-corrected chi connectivity index (χ4v) is 2.19. The first-order chi connectivity index (χ1) is 9.97. The second-order valence-corrected chi connectivity index (χ2v) is 5.87. The normalized spacial score (nSPS) is 11.1. The molecule has 0 aliphatic heterocycles. The van der Waals surface area contributed by atoms with E-state index in [2.05, 4.69) is 4.98 Å². The van der Waals surface area contributed by atoms with Crippen LogP contribution in [0.1, 0.15) is 15.9 Å². The summed E-state index contributed by atoms with van der Waals surface area (Å²) in [6, 6.07) is 9.28. The number of hydrogen-bond acceptors (Lipinski definition) is 5. The van der Waals surface area contributed by atoms with Gasteiger partial charge in [-0.05, 0) is 29.8 Å². The van der Waals surface area contributed by atoms with E-state index in [0.29, 0.717) is 12.0 Å². The van der Waals surface area contributed by atoms with E-state index in [1.54, 1.807) is 24.3 Å². The lowest BCUT2D eigenvalue weighted by molar-refractivity contribution is 0.0509. The van der Waals surface area contributed by atoms with Gasteiger partial charge in [0.25, 0.3) is 0 Å². The van der Waals surface area contributed by atoms with E-state index in [4.69, 9.17) is 9.88 Å². The van der Waals surface area contributed by atoms with E-state index >= 15 is 0 Å². The highest BCUT2D eigenvalue weighted by Crippen LogP contribution is 2.09. The number of benzene rings is 1. The first kappa shape index (κ1) is 15.1. The Kier molecular flexibility index (Phi) is 4.66. The highest BCUT2D eigenvalue weighted by molar-refractivity contribution is 7.89. The van der Waals surface area contributed by atoms with Crippen LogP contribution in [0, 0.1) is 0 Å². The van der Waals surface area contributed by atoms with Crippen molar-refractivity contribution in [1.82, 2.24) is 4.98 Å². The monoisotopic (exact) mass is 306 g/mol. The molecule has 0 spiro atoms. The van der Waals surface area contributed by atoms with E-state index < -0.39 is 16.0 Å². The molecule has 2 N–H and O–H groups in total. The topological polar surface area (TPSA) is 99.4 Å². The molecule has 2 rings (SSSR count). The minimum absolute atomic E-state index is 0.0556. The van der Waals surface area contributed by atoms with Crippen molar-refractivity contribution >= 4 is 16.0 Å². The number of esters is 1. The lowest BCUT2D eigenvalue weighted by atomic mass is 10.2. The number of ether oxygens (including phenoxy) is 1. The Labute approximate surface area is 122 Å². The Hall–Kier alpha value is -2.25. The molecule has 0 radical (unpaired) electrons. The van der Waals surface area contributed by atoms with Gasteiger partial charge in [-0.1, -0.05) is 12.1 Å². The average Bonchev–Trinajstić information content (AvgIpc) is 2.47. The van der Waals surface area contributed by atoms with Crippen molar-refractivity contribution in [2.45, 2.75) is 11.3 Å². The number of carbonyl (C=O) groups is 1. The molecule has 0 saturated carbocycles. The van der Waals surface area contributed by atoms with Crippen LogP contribution in [-0.4, -0.2) is 26.0 Å². The highest BCUT2D eigenvalue weighted by Gasteiger charge is 2.08. The molecule has 21 heavy (non-hydrogen) atoms. The van der Waals surface area contributed by atoms with Gasteiger partial charge in [-0.15, -0.1) is 0 Å². The number of nitrogens with two attached hydrogens (primary N) is 1. The van der Waals surface area contributed by atoms with Crippen LogP contribution in [0.15, 0.2) is 53.7 Å². The van der Waals surface area contributed by atoms with Crippen molar-refractivity contribution in [3.63, 3.8) is 0 Å². The van der Waals surface area contributed by atoms with Gasteiger partial charge < -0.3 is 4.74 Å². The zero-order valence-electron chi connectivity index (χ0n) is 11.1. The molecule has 1 aromatic heterocycles. The van der Waals surface area contributed by atoms with Gasteiger partial charge in [-0.3, -0.25) is 4.98 Å². The summed E-state index contributed by atoms with van der Waals surface area (Å²) in [5.74, 6) is -0.418. The van der Waals surface area contributed by atoms with Crippen molar-refractivity contribution in [3.05, 3.63) is 59.9 Å². The number of nitrogens with zero attached hydrogens (tertiary/aromatic N) is 1. The second kappa shape index (κ2) is 6.47. The minimum atomic E-state index is -3.68. The Balaban J connectivity index is 1.88. The van der Waals surface area contributed by atoms with Crippen molar-refractivity contribution in [2.75, 3.05) is 6.61 Å². The van der Waals surface area contributed by atoms with E-state index in [1.807, 2.05) is 0 Å². The lowest BCUT2D eigenvalue weighted by Crippen LogP contribution is -2.12. The number of pyridine rings is 1. The van der Waals surface area contributed by atoms with Gasteiger partial charge >= 0.3 is 5.97 Å². The number of sulfonamides is 1. The molecule has 0 saturated heterocycles. The van der Waals surface area contributed by atoms with Gasteiger partial charge in [0.15, 0.2) is 0 Å². The first-order valence-electron chi connectivity index (χ1n) is 6.16. The number of primary sulfonamides is 1. The number of aromatic nitrogens is 1. The average molecular weight is 306 g/mol. The van der Waals surface area contributed by atoms with Gasteiger partial charge in [0.05, 0.1) is 17.1 Å². The van der Waals surface area contributed by atoms with Gasteiger partial charge in [0, 0.05) is 18.8 Å². The molecular formula is C14H14N2O4S.